The first-order valence-electron chi connectivity index (χ1n) is 2.71. The van der Waals surface area contributed by atoms with Crippen LogP contribution in [0.4, 0.5) is 0 Å². The zero-order valence-electron chi connectivity index (χ0n) is 5.97. The van der Waals surface area contributed by atoms with E-state index in [1.165, 1.54) is 0 Å². The summed E-state index contributed by atoms with van der Waals surface area (Å²) in [5.74, 6) is 0. The summed E-state index contributed by atoms with van der Waals surface area (Å²) in [4.78, 5) is 0. The van der Waals surface area contributed by atoms with Gasteiger partial charge in [0.2, 0.25) is 0 Å². The van der Waals surface area contributed by atoms with E-state index < -0.39 is 7.32 Å². The summed E-state index contributed by atoms with van der Waals surface area (Å²) in [5, 5.41) is 25.2. The Labute approximate surface area is 86.4 Å². The van der Waals surface area contributed by atoms with Crippen molar-refractivity contribution >= 4 is 7.32 Å². The first-order valence-corrected chi connectivity index (χ1v) is 2.71. The number of benzene rings is 1. The predicted octanol–water partition coefficient (Wildman–Crippen LogP) is -2.26. The van der Waals surface area contributed by atoms with Crippen LogP contribution in [-0.4, -0.2) is 7.32 Å². The van der Waals surface area contributed by atoms with Gasteiger partial charge in [0, 0.05) is 27.7 Å². The Balaban J connectivity index is 0. The van der Waals surface area contributed by atoms with Gasteiger partial charge in [0.1, 0.15) is 0 Å². The molecular formula is C6H6BHgO3-3. The van der Waals surface area contributed by atoms with Crippen LogP contribution < -0.4 is 15.1 Å². The molecule has 0 aliphatic rings. The molecule has 0 saturated heterocycles. The normalized spacial score (nSPS) is 6.82. The van der Waals surface area contributed by atoms with Crippen molar-refractivity contribution in [3.8, 4) is 0 Å². The predicted molar refractivity (Wildman–Crippen MR) is 32.2 cm³/mol. The Morgan fingerprint density at radius 3 is 0.818 bits per heavy atom. The number of hydrogen-bond donors (Lipinski definition) is 0. The quantitative estimate of drug-likeness (QED) is 0.502. The van der Waals surface area contributed by atoms with Crippen LogP contribution in [0, 0.1) is 0 Å². The Kier molecular flexibility index (Phi) is 12.6. The Morgan fingerprint density at radius 2 is 0.727 bits per heavy atom. The zero-order valence-corrected chi connectivity index (χ0v) is 11.5. The summed E-state index contributed by atoms with van der Waals surface area (Å²) in [6.45, 7) is 0. The molecule has 0 spiro atoms. The van der Waals surface area contributed by atoms with E-state index in [1.807, 2.05) is 36.4 Å². The molecule has 0 aromatic heterocycles. The summed E-state index contributed by atoms with van der Waals surface area (Å²) in [5.41, 5.74) is 0. The second-order valence-corrected chi connectivity index (χ2v) is 1.44. The molecule has 0 heterocycles. The molecule has 0 atom stereocenters. The number of rotatable bonds is 0. The molecule has 56 valence electrons. The third-order valence-electron chi connectivity index (χ3n) is 0.667. The van der Waals surface area contributed by atoms with Crippen molar-refractivity contribution in [2.75, 3.05) is 0 Å². The van der Waals surface area contributed by atoms with Crippen LogP contribution in [-0.2, 0) is 27.7 Å². The number of hydrogen-bond acceptors (Lipinski definition) is 3. The van der Waals surface area contributed by atoms with E-state index in [4.69, 9.17) is 15.1 Å². The van der Waals surface area contributed by atoms with Gasteiger partial charge in [-0.15, -0.1) is 0 Å². The smallest absolute Gasteiger partial charge is 0 e. The summed E-state index contributed by atoms with van der Waals surface area (Å²) < 4.78 is 0. The molecule has 1 aromatic rings. The maximum Gasteiger partial charge on any atom is 0 e. The topological polar surface area (TPSA) is 69.2 Å². The Morgan fingerprint density at radius 1 is 0.636 bits per heavy atom. The molecule has 0 aliphatic carbocycles. The molecule has 0 aliphatic heterocycles. The van der Waals surface area contributed by atoms with Gasteiger partial charge in [0.25, 0.3) is 0 Å². The van der Waals surface area contributed by atoms with Crippen LogP contribution >= 0.6 is 0 Å². The Bertz CT molecular complexity index is 118. The van der Waals surface area contributed by atoms with Crippen LogP contribution in [0.25, 0.3) is 0 Å². The van der Waals surface area contributed by atoms with Crippen molar-refractivity contribution in [3.05, 3.63) is 36.4 Å². The first-order chi connectivity index (χ1) is 4.73. The van der Waals surface area contributed by atoms with E-state index in [-0.39, 0.29) is 27.7 Å². The molecular weight excluding hydrogens is 331 g/mol. The van der Waals surface area contributed by atoms with Crippen LogP contribution in [0.3, 0.4) is 0 Å². The molecule has 1 aromatic carbocycles. The van der Waals surface area contributed by atoms with E-state index in [9.17, 15) is 0 Å². The van der Waals surface area contributed by atoms with Crippen molar-refractivity contribution < 1.29 is 42.7 Å². The van der Waals surface area contributed by atoms with Gasteiger partial charge in [-0.1, -0.05) is 36.4 Å². The molecule has 0 amide bonds. The maximum atomic E-state index is 8.42. The summed E-state index contributed by atoms with van der Waals surface area (Å²) in [6, 6.07) is 12.0. The minimum Gasteiger partial charge on any atom is -0.907 e. The zero-order chi connectivity index (χ0) is 7.82. The van der Waals surface area contributed by atoms with Crippen molar-refractivity contribution in [2.45, 2.75) is 0 Å². The second-order valence-electron chi connectivity index (χ2n) is 1.44. The fourth-order valence-corrected chi connectivity index (χ4v) is 0.385. The SMILES string of the molecule is [Hg].[O-]B([O-])[O-].c1ccccc1. The van der Waals surface area contributed by atoms with Crippen LogP contribution in [0.1, 0.15) is 0 Å². The van der Waals surface area contributed by atoms with E-state index in [0.717, 1.165) is 0 Å². The molecule has 0 bridgehead atoms. The van der Waals surface area contributed by atoms with Gasteiger partial charge in [-0.05, 0) is 0 Å². The van der Waals surface area contributed by atoms with Crippen molar-refractivity contribution in [1.82, 2.24) is 0 Å². The molecule has 0 saturated carbocycles. The van der Waals surface area contributed by atoms with Gasteiger partial charge >= 0.3 is 0 Å². The standard InChI is InChI=1S/C6H6.BO3.Hg/c1-2-4-6-5-3-1;2-1(3)4;/h1-6H;;/q;-3;. The van der Waals surface area contributed by atoms with E-state index in [0.29, 0.717) is 0 Å². The average Bonchev–Trinajstić information content (AvgIpc) is 1.90. The first kappa shape index (κ1) is 13.7. The summed E-state index contributed by atoms with van der Waals surface area (Å²) >= 11 is 0. The van der Waals surface area contributed by atoms with Crippen molar-refractivity contribution in [3.63, 3.8) is 0 Å². The molecule has 0 radical (unpaired) electrons. The molecule has 0 fully saturated rings. The minimum atomic E-state index is -2.92. The molecule has 1 rings (SSSR count). The fourth-order valence-electron chi connectivity index (χ4n) is 0.385. The maximum absolute atomic E-state index is 8.42. The van der Waals surface area contributed by atoms with Gasteiger partial charge in [-0.2, -0.15) is 0 Å². The van der Waals surface area contributed by atoms with Crippen LogP contribution in [0.2, 0.25) is 0 Å². The largest absolute Gasteiger partial charge is 0.907 e. The van der Waals surface area contributed by atoms with Crippen molar-refractivity contribution in [1.29, 1.82) is 0 Å². The summed E-state index contributed by atoms with van der Waals surface area (Å²) in [6.07, 6.45) is 0. The van der Waals surface area contributed by atoms with E-state index in [2.05, 4.69) is 0 Å². The van der Waals surface area contributed by atoms with Gasteiger partial charge in [0.05, 0.1) is 0 Å². The van der Waals surface area contributed by atoms with Gasteiger partial charge < -0.3 is 15.1 Å². The van der Waals surface area contributed by atoms with E-state index >= 15 is 0 Å². The fraction of sp³-hybridized carbons (Fsp3) is 0. The molecule has 3 nitrogen and oxygen atoms in total. The third kappa shape index (κ3) is 17.8. The Hall–Kier alpha value is 0.1000. The minimum absolute atomic E-state index is 0. The second kappa shape index (κ2) is 10.1. The molecule has 5 heteroatoms. The van der Waals surface area contributed by atoms with E-state index in [1.54, 1.807) is 0 Å². The average molecular weight is 338 g/mol. The summed E-state index contributed by atoms with van der Waals surface area (Å²) in [7, 11) is -2.92. The molecule has 0 N–H and O–H groups in total. The van der Waals surface area contributed by atoms with Crippen LogP contribution in [0.15, 0.2) is 36.4 Å². The molecule has 0 unspecified atom stereocenters. The van der Waals surface area contributed by atoms with Gasteiger partial charge in [-0.3, -0.25) is 7.32 Å². The van der Waals surface area contributed by atoms with Crippen LogP contribution in [0.5, 0.6) is 0 Å². The van der Waals surface area contributed by atoms with Crippen molar-refractivity contribution in [2.24, 2.45) is 0 Å². The monoisotopic (exact) mass is 339 g/mol. The third-order valence-corrected chi connectivity index (χ3v) is 0.667. The van der Waals surface area contributed by atoms with Gasteiger partial charge in [0.15, 0.2) is 0 Å². The van der Waals surface area contributed by atoms with Gasteiger partial charge in [-0.25, -0.2) is 0 Å². The molecule has 11 heavy (non-hydrogen) atoms.